The van der Waals surface area contributed by atoms with E-state index in [9.17, 15) is 9.59 Å². The Morgan fingerprint density at radius 3 is 2.72 bits per heavy atom. The van der Waals surface area contributed by atoms with E-state index in [1.807, 2.05) is 47.3 Å². The lowest BCUT2D eigenvalue weighted by molar-refractivity contribution is -0.157. The number of aromatic amines is 1. The Bertz CT molecular complexity index is 957. The second kappa shape index (κ2) is 9.13. The van der Waals surface area contributed by atoms with Crippen LogP contribution < -0.4 is 5.32 Å². The molecular weight excluding hydrogens is 388 g/mol. The van der Waals surface area contributed by atoms with Crippen LogP contribution in [0.15, 0.2) is 47.3 Å². The Balaban J connectivity index is 1.67. The molecule has 1 unspecified atom stereocenters. The van der Waals surface area contributed by atoms with E-state index in [2.05, 4.69) is 10.3 Å². The van der Waals surface area contributed by atoms with Crippen LogP contribution in [0.3, 0.4) is 0 Å². The molecule has 0 saturated carbocycles. The normalized spacial score (nSPS) is 12.5. The Morgan fingerprint density at radius 1 is 1.21 bits per heavy atom. The van der Waals surface area contributed by atoms with Crippen LogP contribution in [0.2, 0.25) is 0 Å². The van der Waals surface area contributed by atoms with Gasteiger partial charge < -0.3 is 19.8 Å². The summed E-state index contributed by atoms with van der Waals surface area (Å²) in [5.74, 6) is -0.488. The van der Waals surface area contributed by atoms with Crippen LogP contribution in [0.1, 0.15) is 31.9 Å². The predicted molar refractivity (Wildman–Crippen MR) is 114 cm³/mol. The van der Waals surface area contributed by atoms with Gasteiger partial charge in [-0.25, -0.2) is 9.59 Å². The summed E-state index contributed by atoms with van der Waals surface area (Å²) in [6.07, 6.45) is 2.16. The van der Waals surface area contributed by atoms with Gasteiger partial charge in [0.15, 0.2) is 0 Å². The Morgan fingerprint density at radius 2 is 2.00 bits per heavy atom. The number of carbonyl (C=O) groups is 2. The summed E-state index contributed by atoms with van der Waals surface area (Å²) in [7, 11) is 0. The first-order chi connectivity index (χ1) is 13.8. The number of para-hydroxylation sites is 1. The van der Waals surface area contributed by atoms with Crippen molar-refractivity contribution in [2.45, 2.75) is 45.3 Å². The van der Waals surface area contributed by atoms with Crippen LogP contribution in [0.5, 0.6) is 0 Å². The molecule has 0 aliphatic heterocycles. The lowest BCUT2D eigenvalue weighted by atomic mass is 10.0. The van der Waals surface area contributed by atoms with Gasteiger partial charge in [0.1, 0.15) is 11.6 Å². The summed E-state index contributed by atoms with van der Waals surface area (Å²) >= 11 is 1.60. The molecule has 1 aromatic carbocycles. The molecule has 0 radical (unpaired) electrons. The van der Waals surface area contributed by atoms with Gasteiger partial charge in [-0.3, -0.25) is 0 Å². The second-order valence-electron chi connectivity index (χ2n) is 7.81. The SMILES string of the molecule is CC(C)(C)OC(=O)C(Cc1c[nH]c2ccccc12)NC(=O)OCCc1ccsc1. The number of nitrogens with one attached hydrogen (secondary N) is 2. The second-order valence-corrected chi connectivity index (χ2v) is 8.59. The minimum Gasteiger partial charge on any atom is -0.458 e. The number of esters is 1. The van der Waals surface area contributed by atoms with E-state index in [0.717, 1.165) is 22.0 Å². The molecule has 0 saturated heterocycles. The Kier molecular flexibility index (Phi) is 6.59. The number of fused-ring (bicyclic) bond motifs is 1. The van der Waals surface area contributed by atoms with Gasteiger partial charge in [-0.1, -0.05) is 18.2 Å². The molecule has 3 aromatic rings. The highest BCUT2D eigenvalue weighted by Gasteiger charge is 2.28. The number of benzene rings is 1. The molecule has 2 heterocycles. The molecule has 29 heavy (non-hydrogen) atoms. The van der Waals surface area contributed by atoms with Gasteiger partial charge in [-0.15, -0.1) is 0 Å². The van der Waals surface area contributed by atoms with Crippen molar-refractivity contribution >= 4 is 34.3 Å². The summed E-state index contributed by atoms with van der Waals surface area (Å²) in [5, 5.41) is 7.68. The van der Waals surface area contributed by atoms with Crippen LogP contribution in [0.25, 0.3) is 10.9 Å². The largest absolute Gasteiger partial charge is 0.458 e. The molecule has 1 amide bonds. The van der Waals surface area contributed by atoms with Crippen molar-refractivity contribution in [1.29, 1.82) is 0 Å². The van der Waals surface area contributed by atoms with E-state index in [1.165, 1.54) is 0 Å². The van der Waals surface area contributed by atoms with Crippen LogP contribution in [-0.2, 0) is 27.1 Å². The van der Waals surface area contributed by atoms with Crippen molar-refractivity contribution in [2.24, 2.45) is 0 Å². The zero-order chi connectivity index (χ0) is 20.9. The number of carbonyl (C=O) groups excluding carboxylic acids is 2. The molecule has 0 fully saturated rings. The first kappa shape index (κ1) is 20.9. The van der Waals surface area contributed by atoms with E-state index in [4.69, 9.17) is 9.47 Å². The van der Waals surface area contributed by atoms with Crippen molar-refractivity contribution in [2.75, 3.05) is 6.61 Å². The first-order valence-electron chi connectivity index (χ1n) is 9.54. The van der Waals surface area contributed by atoms with E-state index < -0.39 is 23.7 Å². The molecule has 2 N–H and O–H groups in total. The fourth-order valence-corrected chi connectivity index (χ4v) is 3.67. The van der Waals surface area contributed by atoms with Gasteiger partial charge in [0.05, 0.1) is 6.61 Å². The monoisotopic (exact) mass is 414 g/mol. The van der Waals surface area contributed by atoms with Gasteiger partial charge in [0, 0.05) is 29.9 Å². The number of hydrogen-bond donors (Lipinski definition) is 2. The summed E-state index contributed by atoms with van der Waals surface area (Å²) in [6.45, 7) is 5.64. The van der Waals surface area contributed by atoms with Crippen molar-refractivity contribution < 1.29 is 19.1 Å². The average molecular weight is 415 g/mol. The smallest absolute Gasteiger partial charge is 0.407 e. The molecule has 2 aromatic heterocycles. The third kappa shape index (κ3) is 6.09. The maximum Gasteiger partial charge on any atom is 0.407 e. The Labute approximate surface area is 174 Å². The van der Waals surface area contributed by atoms with Gasteiger partial charge >= 0.3 is 12.1 Å². The maximum atomic E-state index is 12.7. The molecule has 154 valence electrons. The highest BCUT2D eigenvalue weighted by Crippen LogP contribution is 2.20. The highest BCUT2D eigenvalue weighted by atomic mass is 32.1. The average Bonchev–Trinajstić information content (AvgIpc) is 3.30. The van der Waals surface area contributed by atoms with Gasteiger partial charge in [0.25, 0.3) is 0 Å². The van der Waals surface area contributed by atoms with Gasteiger partial charge in [0.2, 0.25) is 0 Å². The van der Waals surface area contributed by atoms with Gasteiger partial charge in [-0.05, 0) is 54.8 Å². The van der Waals surface area contributed by atoms with E-state index in [-0.39, 0.29) is 6.61 Å². The molecule has 6 nitrogen and oxygen atoms in total. The predicted octanol–water partition coefficient (Wildman–Crippen LogP) is 4.45. The molecular formula is C22H26N2O4S. The highest BCUT2D eigenvalue weighted by molar-refractivity contribution is 7.07. The van der Waals surface area contributed by atoms with Crippen LogP contribution in [-0.4, -0.2) is 35.3 Å². The molecule has 0 spiro atoms. The number of rotatable bonds is 7. The summed E-state index contributed by atoms with van der Waals surface area (Å²) in [4.78, 5) is 28.2. The number of H-pyrrole nitrogens is 1. The van der Waals surface area contributed by atoms with Crippen molar-refractivity contribution in [1.82, 2.24) is 10.3 Å². The van der Waals surface area contributed by atoms with Crippen LogP contribution in [0, 0.1) is 0 Å². The fraction of sp³-hybridized carbons (Fsp3) is 0.364. The van der Waals surface area contributed by atoms with Crippen LogP contribution >= 0.6 is 11.3 Å². The maximum absolute atomic E-state index is 12.7. The number of amides is 1. The van der Waals surface area contributed by atoms with Gasteiger partial charge in [-0.2, -0.15) is 11.3 Å². The molecule has 0 bridgehead atoms. The summed E-state index contributed by atoms with van der Waals surface area (Å²) in [5.41, 5.74) is 2.36. The van der Waals surface area contributed by atoms with Crippen molar-refractivity contribution in [3.05, 3.63) is 58.4 Å². The van der Waals surface area contributed by atoms with E-state index in [1.54, 1.807) is 32.1 Å². The molecule has 0 aliphatic rings. The van der Waals surface area contributed by atoms with E-state index >= 15 is 0 Å². The third-order valence-corrected chi connectivity index (χ3v) is 5.02. The number of thiophene rings is 1. The van der Waals surface area contributed by atoms with Crippen LogP contribution in [0.4, 0.5) is 4.79 Å². The number of alkyl carbamates (subject to hydrolysis) is 1. The lowest BCUT2D eigenvalue weighted by Crippen LogP contribution is -2.45. The zero-order valence-electron chi connectivity index (χ0n) is 16.9. The topological polar surface area (TPSA) is 80.4 Å². The lowest BCUT2D eigenvalue weighted by Gasteiger charge is -2.24. The van der Waals surface area contributed by atoms with E-state index in [0.29, 0.717) is 12.8 Å². The Hall–Kier alpha value is -2.80. The molecule has 0 aliphatic carbocycles. The third-order valence-electron chi connectivity index (χ3n) is 4.29. The summed E-state index contributed by atoms with van der Waals surface area (Å²) < 4.78 is 10.8. The first-order valence-corrected chi connectivity index (χ1v) is 10.5. The number of aromatic nitrogens is 1. The molecule has 1 atom stereocenters. The molecule has 3 rings (SSSR count). The van der Waals surface area contributed by atoms with Crippen molar-refractivity contribution in [3.63, 3.8) is 0 Å². The molecule has 7 heteroatoms. The fourth-order valence-electron chi connectivity index (χ4n) is 2.97. The minimum atomic E-state index is -0.845. The number of hydrogen-bond acceptors (Lipinski definition) is 5. The number of ether oxygens (including phenoxy) is 2. The van der Waals surface area contributed by atoms with Crippen molar-refractivity contribution in [3.8, 4) is 0 Å². The quantitative estimate of drug-likeness (QED) is 0.560. The minimum absolute atomic E-state index is 0.247. The standard InChI is InChI=1S/C22H26N2O4S/c1-22(2,3)28-20(25)19(12-16-13-23-18-7-5-4-6-17(16)18)24-21(26)27-10-8-15-9-11-29-14-15/h4-7,9,11,13-14,19,23H,8,10,12H2,1-3H3,(H,24,26). The summed E-state index contributed by atoms with van der Waals surface area (Å²) in [6, 6.07) is 8.97. The zero-order valence-corrected chi connectivity index (χ0v) is 17.7.